The Kier molecular flexibility index (Phi) is 9.52. The lowest BCUT2D eigenvalue weighted by molar-refractivity contribution is 0.261. The average Bonchev–Trinajstić information content (AvgIpc) is 2.84. The Morgan fingerprint density at radius 1 is 0.500 bits per heavy atom. The summed E-state index contributed by atoms with van der Waals surface area (Å²) in [5.41, 5.74) is 5.28. The quantitative estimate of drug-likeness (QED) is 0.251. The Morgan fingerprint density at radius 3 is 1.03 bits per heavy atom. The lowest BCUT2D eigenvalue weighted by atomic mass is 10.1. The van der Waals surface area contributed by atoms with E-state index in [1.54, 1.807) is 24.3 Å². The van der Waals surface area contributed by atoms with E-state index in [-0.39, 0.29) is 12.1 Å². The lowest BCUT2D eigenvalue weighted by Crippen LogP contribution is -2.20. The van der Waals surface area contributed by atoms with E-state index in [1.807, 2.05) is 48.5 Å². The van der Waals surface area contributed by atoms with E-state index in [0.717, 1.165) is 49.9 Å². The molecule has 178 valence electrons. The van der Waals surface area contributed by atoms with E-state index in [1.165, 1.54) is 11.1 Å². The van der Waals surface area contributed by atoms with Gasteiger partial charge in [-0.3, -0.25) is 0 Å². The van der Waals surface area contributed by atoms with Crippen LogP contribution >= 0.6 is 0 Å². The van der Waals surface area contributed by atoms with Crippen LogP contribution in [0.5, 0.6) is 0 Å². The van der Waals surface area contributed by atoms with Crippen LogP contribution in [-0.4, -0.2) is 12.1 Å². The summed E-state index contributed by atoms with van der Waals surface area (Å²) in [4.78, 5) is 24.6. The Balaban J connectivity index is 1.45. The molecule has 0 unspecified atom stereocenters. The molecule has 0 aliphatic carbocycles. The third-order valence-electron chi connectivity index (χ3n) is 5.46. The molecule has 3 rings (SSSR count). The van der Waals surface area contributed by atoms with Crippen LogP contribution in [0.1, 0.15) is 50.7 Å². The Labute approximate surface area is 202 Å². The van der Waals surface area contributed by atoms with Crippen molar-refractivity contribution in [2.45, 2.75) is 52.4 Å². The summed E-state index contributed by atoms with van der Waals surface area (Å²) in [6, 6.07) is 22.1. The number of nitrogens with one attached hydrogen (secondary N) is 4. The van der Waals surface area contributed by atoms with Crippen molar-refractivity contribution >= 4 is 34.8 Å². The van der Waals surface area contributed by atoms with E-state index in [2.05, 4.69) is 35.1 Å². The number of unbranched alkanes of at least 4 members (excludes halogenated alkanes) is 2. The van der Waals surface area contributed by atoms with Crippen molar-refractivity contribution in [3.05, 3.63) is 83.9 Å². The van der Waals surface area contributed by atoms with Gasteiger partial charge in [-0.25, -0.2) is 9.59 Å². The molecule has 0 bridgehead atoms. The Bertz CT molecular complexity index is 959. The maximum Gasteiger partial charge on any atom is 0.323 e. The van der Waals surface area contributed by atoms with Gasteiger partial charge < -0.3 is 21.3 Å². The molecule has 34 heavy (non-hydrogen) atoms. The fourth-order valence-electron chi connectivity index (χ4n) is 3.50. The number of hydrogen-bond acceptors (Lipinski definition) is 2. The highest BCUT2D eigenvalue weighted by atomic mass is 16.2. The van der Waals surface area contributed by atoms with Gasteiger partial charge in [0.25, 0.3) is 0 Å². The molecule has 0 saturated carbocycles. The maximum atomic E-state index is 12.3. The zero-order valence-corrected chi connectivity index (χ0v) is 20.0. The average molecular weight is 459 g/mol. The number of amides is 4. The molecule has 4 N–H and O–H groups in total. The van der Waals surface area contributed by atoms with Crippen LogP contribution in [0, 0.1) is 0 Å². The van der Waals surface area contributed by atoms with Crippen molar-refractivity contribution in [2.75, 3.05) is 21.3 Å². The van der Waals surface area contributed by atoms with Crippen LogP contribution in [0.25, 0.3) is 0 Å². The van der Waals surface area contributed by atoms with Crippen LogP contribution in [0.15, 0.2) is 72.8 Å². The highest BCUT2D eigenvalue weighted by molar-refractivity contribution is 6.01. The number of carbonyl (C=O) groups is 2. The molecular weight excluding hydrogens is 424 g/mol. The Hall–Kier alpha value is -3.80. The normalized spacial score (nSPS) is 10.4. The first-order valence-corrected chi connectivity index (χ1v) is 12.0. The third kappa shape index (κ3) is 8.28. The van der Waals surface area contributed by atoms with E-state index >= 15 is 0 Å². The number of urea groups is 2. The Morgan fingerprint density at radius 2 is 0.765 bits per heavy atom. The molecule has 6 heteroatoms. The second-order valence-electron chi connectivity index (χ2n) is 8.34. The summed E-state index contributed by atoms with van der Waals surface area (Å²) in [7, 11) is 0. The van der Waals surface area contributed by atoms with Gasteiger partial charge in [0.15, 0.2) is 0 Å². The molecule has 3 aromatic carbocycles. The summed E-state index contributed by atoms with van der Waals surface area (Å²) in [5, 5.41) is 11.3. The van der Waals surface area contributed by atoms with Crippen molar-refractivity contribution in [3.8, 4) is 0 Å². The lowest BCUT2D eigenvalue weighted by Gasteiger charge is -2.11. The highest BCUT2D eigenvalue weighted by Gasteiger charge is 2.06. The summed E-state index contributed by atoms with van der Waals surface area (Å²) in [6.45, 7) is 4.34. The molecule has 0 aliphatic heterocycles. The third-order valence-corrected chi connectivity index (χ3v) is 5.46. The summed E-state index contributed by atoms with van der Waals surface area (Å²) < 4.78 is 0. The molecule has 3 aromatic rings. The largest absolute Gasteiger partial charge is 0.323 e. The van der Waals surface area contributed by atoms with Crippen molar-refractivity contribution in [3.63, 3.8) is 0 Å². The van der Waals surface area contributed by atoms with Crippen molar-refractivity contribution < 1.29 is 9.59 Å². The maximum absolute atomic E-state index is 12.3. The van der Waals surface area contributed by atoms with Gasteiger partial charge in [-0.1, -0.05) is 51.0 Å². The van der Waals surface area contributed by atoms with Crippen LogP contribution < -0.4 is 21.3 Å². The molecular formula is C28H34N4O2. The first-order valence-electron chi connectivity index (χ1n) is 12.0. The van der Waals surface area contributed by atoms with Gasteiger partial charge in [0.2, 0.25) is 0 Å². The minimum Gasteiger partial charge on any atom is -0.308 e. The van der Waals surface area contributed by atoms with E-state index < -0.39 is 0 Å². The number of hydrogen-bond donors (Lipinski definition) is 4. The molecule has 0 heterocycles. The second-order valence-corrected chi connectivity index (χ2v) is 8.34. The summed E-state index contributed by atoms with van der Waals surface area (Å²) in [5.74, 6) is 0. The van der Waals surface area contributed by atoms with E-state index in [0.29, 0.717) is 11.4 Å². The molecule has 0 radical (unpaired) electrons. The molecule has 0 fully saturated rings. The predicted octanol–water partition coefficient (Wildman–Crippen LogP) is 7.66. The topological polar surface area (TPSA) is 82.3 Å². The monoisotopic (exact) mass is 458 g/mol. The fraction of sp³-hybridized carbons (Fsp3) is 0.286. The molecule has 0 aliphatic rings. The molecule has 0 saturated heterocycles. The summed E-state index contributed by atoms with van der Waals surface area (Å²) >= 11 is 0. The molecule has 0 spiro atoms. The van der Waals surface area contributed by atoms with Crippen LogP contribution in [0.2, 0.25) is 0 Å². The smallest absolute Gasteiger partial charge is 0.308 e. The van der Waals surface area contributed by atoms with Crippen molar-refractivity contribution in [1.29, 1.82) is 0 Å². The zero-order valence-electron chi connectivity index (χ0n) is 20.0. The first-order chi connectivity index (χ1) is 16.6. The molecule has 0 atom stereocenters. The van der Waals surface area contributed by atoms with Gasteiger partial charge in [0.05, 0.1) is 0 Å². The number of carbonyl (C=O) groups excluding carboxylic acids is 2. The predicted molar refractivity (Wildman–Crippen MR) is 142 cm³/mol. The van der Waals surface area contributed by atoms with E-state index in [9.17, 15) is 9.59 Å². The summed E-state index contributed by atoms with van der Waals surface area (Å²) in [6.07, 6.45) is 6.74. The van der Waals surface area contributed by atoms with Crippen molar-refractivity contribution in [2.24, 2.45) is 0 Å². The highest BCUT2D eigenvalue weighted by Crippen LogP contribution is 2.17. The minimum absolute atomic E-state index is 0.317. The van der Waals surface area contributed by atoms with Crippen LogP contribution in [-0.2, 0) is 12.8 Å². The van der Waals surface area contributed by atoms with Crippen LogP contribution in [0.3, 0.4) is 0 Å². The number of rotatable bonds is 10. The standard InChI is InChI=1S/C28H34N4O2/c1-3-5-7-21-9-13-23(14-10-21)29-27(33)31-25-17-19-26(20-18-25)32-28(34)30-24-15-11-22(12-16-24)8-6-4-2/h9-20H,3-8H2,1-2H3,(H2,29,31,33)(H2,30,32,34). The molecule has 6 nitrogen and oxygen atoms in total. The van der Waals surface area contributed by atoms with Gasteiger partial charge >= 0.3 is 12.1 Å². The number of anilines is 4. The van der Waals surface area contributed by atoms with Gasteiger partial charge in [-0.05, 0) is 85.3 Å². The number of aryl methyl sites for hydroxylation is 2. The first kappa shape index (κ1) is 24.8. The van der Waals surface area contributed by atoms with Gasteiger partial charge in [-0.15, -0.1) is 0 Å². The van der Waals surface area contributed by atoms with Gasteiger partial charge in [0.1, 0.15) is 0 Å². The zero-order chi connectivity index (χ0) is 24.2. The number of benzene rings is 3. The SMILES string of the molecule is CCCCc1ccc(NC(=O)Nc2ccc(NC(=O)Nc3ccc(CCCC)cc3)cc2)cc1. The van der Waals surface area contributed by atoms with Crippen LogP contribution in [0.4, 0.5) is 32.3 Å². The van der Waals surface area contributed by atoms with Gasteiger partial charge in [0, 0.05) is 22.7 Å². The van der Waals surface area contributed by atoms with E-state index in [4.69, 9.17) is 0 Å². The fourth-order valence-corrected chi connectivity index (χ4v) is 3.50. The molecule has 0 aromatic heterocycles. The minimum atomic E-state index is -0.317. The second kappa shape index (κ2) is 13.0. The van der Waals surface area contributed by atoms with Crippen molar-refractivity contribution in [1.82, 2.24) is 0 Å². The van der Waals surface area contributed by atoms with Gasteiger partial charge in [-0.2, -0.15) is 0 Å². The molecule has 4 amide bonds.